The largest absolute Gasteiger partial charge is 0.492 e. The second-order valence-corrected chi connectivity index (χ2v) is 5.33. The Bertz CT molecular complexity index is 1010. The van der Waals surface area contributed by atoms with Gasteiger partial charge < -0.3 is 10.1 Å². The summed E-state index contributed by atoms with van der Waals surface area (Å²) in [7, 11) is 0. The van der Waals surface area contributed by atoms with Gasteiger partial charge in [-0.05, 0) is 30.3 Å². The van der Waals surface area contributed by atoms with E-state index < -0.39 is 11.6 Å². The molecule has 1 aliphatic rings. The molecule has 0 saturated heterocycles. The summed E-state index contributed by atoms with van der Waals surface area (Å²) in [5, 5.41) is 10.0. The van der Waals surface area contributed by atoms with Gasteiger partial charge in [0, 0.05) is 22.9 Å². The van der Waals surface area contributed by atoms with E-state index in [2.05, 4.69) is 15.0 Å². The molecule has 3 aromatic rings. The first-order valence-corrected chi connectivity index (χ1v) is 7.21. The number of hydrogen-bond donors (Lipinski definition) is 2. The molecule has 0 unspecified atom stereocenters. The third-order valence-electron chi connectivity index (χ3n) is 3.76. The van der Waals surface area contributed by atoms with Crippen LogP contribution in [0.4, 0.5) is 14.5 Å². The molecule has 0 bridgehead atoms. The van der Waals surface area contributed by atoms with Crippen LogP contribution >= 0.6 is 0 Å². The van der Waals surface area contributed by atoms with Gasteiger partial charge in [-0.3, -0.25) is 4.99 Å². The molecule has 0 fully saturated rings. The van der Waals surface area contributed by atoms with Gasteiger partial charge in [-0.25, -0.2) is 8.78 Å². The van der Waals surface area contributed by atoms with Crippen molar-refractivity contribution in [1.29, 1.82) is 0 Å². The minimum Gasteiger partial charge on any atom is -0.492 e. The number of hydrogen-bond acceptors (Lipinski definition) is 3. The van der Waals surface area contributed by atoms with Crippen molar-refractivity contribution in [3.05, 3.63) is 65.4 Å². The molecule has 24 heavy (non-hydrogen) atoms. The van der Waals surface area contributed by atoms with E-state index in [1.807, 2.05) is 24.3 Å². The Morgan fingerprint density at radius 2 is 1.88 bits per heavy atom. The standard InChI is InChI=1S/C18H11F2N3O/c19-13-6-5-10(7-14(13)20)17-22-16(18(24)23-17)8-11-9-21-15-4-2-1-3-12(11)15/h1-9,24H,(H,22,23)/b11-8+. The number of aliphatic imine (C=N–C) groups is 1. The maximum atomic E-state index is 13.4. The van der Waals surface area contributed by atoms with Gasteiger partial charge in [-0.1, -0.05) is 18.2 Å². The Morgan fingerprint density at radius 3 is 2.71 bits per heavy atom. The zero-order valence-corrected chi connectivity index (χ0v) is 12.3. The fourth-order valence-electron chi connectivity index (χ4n) is 2.57. The molecule has 1 aromatic heterocycles. The number of H-pyrrole nitrogens is 1. The van der Waals surface area contributed by atoms with Gasteiger partial charge in [0.1, 0.15) is 11.5 Å². The summed E-state index contributed by atoms with van der Waals surface area (Å²) >= 11 is 0. The minimum atomic E-state index is -0.972. The number of allylic oxidation sites excluding steroid dienone is 1. The topological polar surface area (TPSA) is 61.3 Å². The van der Waals surface area contributed by atoms with Crippen molar-refractivity contribution in [2.75, 3.05) is 0 Å². The smallest absolute Gasteiger partial charge is 0.237 e. The SMILES string of the molecule is Oc1nc(-c2ccc(F)c(F)c2)[nH]c1/C=C1\C=Nc2ccccc21. The van der Waals surface area contributed by atoms with Crippen LogP contribution in [0, 0.1) is 11.6 Å². The van der Waals surface area contributed by atoms with Crippen molar-refractivity contribution in [2.24, 2.45) is 4.99 Å². The number of benzene rings is 2. The zero-order valence-electron chi connectivity index (χ0n) is 12.3. The average Bonchev–Trinajstić information content (AvgIpc) is 3.15. The molecule has 0 radical (unpaired) electrons. The summed E-state index contributed by atoms with van der Waals surface area (Å²) in [6.45, 7) is 0. The number of halogens is 2. The van der Waals surface area contributed by atoms with Crippen LogP contribution in [0.1, 0.15) is 11.3 Å². The van der Waals surface area contributed by atoms with Gasteiger partial charge in [0.2, 0.25) is 5.88 Å². The molecule has 2 heterocycles. The average molecular weight is 323 g/mol. The molecular formula is C18H11F2N3O. The normalized spacial score (nSPS) is 14.3. The highest BCUT2D eigenvalue weighted by molar-refractivity contribution is 6.21. The number of nitrogens with one attached hydrogen (secondary N) is 1. The lowest BCUT2D eigenvalue weighted by Gasteiger charge is -1.99. The lowest BCUT2D eigenvalue weighted by molar-refractivity contribution is 0.455. The predicted molar refractivity (Wildman–Crippen MR) is 88.1 cm³/mol. The summed E-state index contributed by atoms with van der Waals surface area (Å²) in [5.74, 6) is -1.88. The van der Waals surface area contributed by atoms with Crippen LogP contribution in [0.3, 0.4) is 0 Å². The summed E-state index contributed by atoms with van der Waals surface area (Å²) < 4.78 is 26.4. The highest BCUT2D eigenvalue weighted by Crippen LogP contribution is 2.33. The van der Waals surface area contributed by atoms with Gasteiger partial charge in [0.15, 0.2) is 11.6 Å². The Labute approximate surface area is 135 Å². The van der Waals surface area contributed by atoms with Crippen LogP contribution < -0.4 is 0 Å². The number of aromatic nitrogens is 2. The highest BCUT2D eigenvalue weighted by Gasteiger charge is 2.15. The molecule has 0 amide bonds. The number of nitrogens with zero attached hydrogens (tertiary/aromatic N) is 2. The number of aromatic hydroxyl groups is 1. The molecule has 2 N–H and O–H groups in total. The lowest BCUT2D eigenvalue weighted by Crippen LogP contribution is -1.87. The first-order chi connectivity index (χ1) is 11.6. The summed E-state index contributed by atoms with van der Waals surface area (Å²) in [6, 6.07) is 11.1. The lowest BCUT2D eigenvalue weighted by atomic mass is 10.1. The van der Waals surface area contributed by atoms with Gasteiger partial charge in [-0.2, -0.15) is 4.98 Å². The van der Waals surface area contributed by atoms with E-state index in [-0.39, 0.29) is 11.7 Å². The molecule has 0 saturated carbocycles. The number of imidazole rings is 1. The molecule has 1 aliphatic heterocycles. The Morgan fingerprint density at radius 1 is 1.04 bits per heavy atom. The van der Waals surface area contributed by atoms with Crippen LogP contribution in [0.2, 0.25) is 0 Å². The Kier molecular flexibility index (Phi) is 3.23. The monoisotopic (exact) mass is 323 g/mol. The maximum absolute atomic E-state index is 13.4. The fourth-order valence-corrected chi connectivity index (χ4v) is 2.57. The van der Waals surface area contributed by atoms with Gasteiger partial charge in [-0.15, -0.1) is 0 Å². The second kappa shape index (κ2) is 5.42. The molecule has 6 heteroatoms. The van der Waals surface area contributed by atoms with Crippen molar-refractivity contribution in [1.82, 2.24) is 9.97 Å². The number of para-hydroxylation sites is 1. The van der Waals surface area contributed by atoms with E-state index in [9.17, 15) is 13.9 Å². The highest BCUT2D eigenvalue weighted by atomic mass is 19.2. The number of rotatable bonds is 2. The van der Waals surface area contributed by atoms with Crippen molar-refractivity contribution in [3.8, 4) is 17.3 Å². The summed E-state index contributed by atoms with van der Waals surface area (Å²) in [6.07, 6.45) is 3.41. The van der Waals surface area contributed by atoms with Crippen LogP contribution in [0.5, 0.6) is 5.88 Å². The Balaban J connectivity index is 1.74. The van der Waals surface area contributed by atoms with Crippen molar-refractivity contribution >= 4 is 23.6 Å². The van der Waals surface area contributed by atoms with Crippen LogP contribution in [0.25, 0.3) is 23.0 Å². The fraction of sp³-hybridized carbons (Fsp3) is 0. The minimum absolute atomic E-state index is 0.222. The van der Waals surface area contributed by atoms with Crippen molar-refractivity contribution in [3.63, 3.8) is 0 Å². The number of fused-ring (bicyclic) bond motifs is 1. The molecule has 4 nitrogen and oxygen atoms in total. The first kappa shape index (κ1) is 14.3. The molecular weight excluding hydrogens is 312 g/mol. The first-order valence-electron chi connectivity index (χ1n) is 7.21. The summed E-state index contributed by atoms with van der Waals surface area (Å²) in [5.41, 5.74) is 3.33. The van der Waals surface area contributed by atoms with E-state index >= 15 is 0 Å². The van der Waals surface area contributed by atoms with Crippen molar-refractivity contribution < 1.29 is 13.9 Å². The zero-order chi connectivity index (χ0) is 16.7. The van der Waals surface area contributed by atoms with E-state index in [0.29, 0.717) is 11.3 Å². The molecule has 118 valence electrons. The van der Waals surface area contributed by atoms with Gasteiger partial charge in [0.05, 0.1) is 5.69 Å². The molecule has 4 rings (SSSR count). The van der Waals surface area contributed by atoms with E-state index in [1.165, 1.54) is 6.07 Å². The van der Waals surface area contributed by atoms with Crippen molar-refractivity contribution in [2.45, 2.75) is 0 Å². The molecule has 0 aliphatic carbocycles. The van der Waals surface area contributed by atoms with Gasteiger partial charge >= 0.3 is 0 Å². The summed E-state index contributed by atoms with van der Waals surface area (Å²) in [4.78, 5) is 11.2. The Hall–Kier alpha value is -3.28. The molecule has 0 atom stereocenters. The predicted octanol–water partition coefficient (Wildman–Crippen LogP) is 4.32. The van der Waals surface area contributed by atoms with E-state index in [1.54, 1.807) is 12.3 Å². The van der Waals surface area contributed by atoms with E-state index in [4.69, 9.17) is 0 Å². The number of aromatic amines is 1. The third-order valence-corrected chi connectivity index (χ3v) is 3.76. The van der Waals surface area contributed by atoms with Crippen LogP contribution in [-0.4, -0.2) is 21.3 Å². The quantitative estimate of drug-likeness (QED) is 0.738. The van der Waals surface area contributed by atoms with Crippen LogP contribution in [0.15, 0.2) is 47.5 Å². The maximum Gasteiger partial charge on any atom is 0.237 e. The van der Waals surface area contributed by atoms with E-state index in [0.717, 1.165) is 29.0 Å². The third kappa shape index (κ3) is 2.38. The molecule has 2 aromatic carbocycles. The van der Waals surface area contributed by atoms with Gasteiger partial charge in [0.25, 0.3) is 0 Å². The van der Waals surface area contributed by atoms with Crippen LogP contribution in [-0.2, 0) is 0 Å². The molecule has 0 spiro atoms. The second-order valence-electron chi connectivity index (χ2n) is 5.33.